The molecule has 0 aromatic rings. The van der Waals surface area contributed by atoms with E-state index in [1.165, 1.54) is 12.3 Å². The third-order valence-electron chi connectivity index (χ3n) is 4.34. The summed E-state index contributed by atoms with van der Waals surface area (Å²) in [5.41, 5.74) is 1.58. The molecule has 3 rings (SSSR count). The summed E-state index contributed by atoms with van der Waals surface area (Å²) in [6, 6.07) is 0. The van der Waals surface area contributed by atoms with Crippen LogP contribution in [-0.2, 0) is 0 Å². The van der Waals surface area contributed by atoms with Crippen molar-refractivity contribution in [2.24, 2.45) is 22.7 Å². The van der Waals surface area contributed by atoms with Gasteiger partial charge in [0.25, 0.3) is 0 Å². The van der Waals surface area contributed by atoms with Crippen LogP contribution >= 0.6 is 0 Å². The minimum Gasteiger partial charge on any atom is -0.0599 e. The van der Waals surface area contributed by atoms with Gasteiger partial charge in [-0.1, -0.05) is 13.8 Å². The van der Waals surface area contributed by atoms with Crippen molar-refractivity contribution in [1.82, 2.24) is 0 Å². The van der Waals surface area contributed by atoms with Crippen LogP contribution in [0.4, 0.5) is 0 Å². The lowest BCUT2D eigenvalue weighted by Gasteiger charge is -2.37. The molecule has 0 heteroatoms. The molecule has 0 heterocycles. The Morgan fingerprint density at radius 1 is 1.09 bits per heavy atom. The van der Waals surface area contributed by atoms with Crippen LogP contribution in [0.5, 0.6) is 0 Å². The number of hydrogen-bond acceptors (Lipinski definition) is 0. The minimum absolute atomic E-state index is 0.689. The lowest BCUT2D eigenvalue weighted by atomic mass is 9.68. The molecule has 3 aliphatic rings. The zero-order chi connectivity index (χ0) is 7.69. The molecule has 0 aliphatic heterocycles. The Balaban J connectivity index is 1.93. The van der Waals surface area contributed by atoms with Gasteiger partial charge in [-0.3, -0.25) is 0 Å². The van der Waals surface area contributed by atoms with E-state index in [9.17, 15) is 0 Å². The fourth-order valence-corrected chi connectivity index (χ4v) is 4.33. The second kappa shape index (κ2) is 1.53. The predicted octanol–water partition coefficient (Wildman–Crippen LogP) is 3.22. The van der Waals surface area contributed by atoms with Crippen LogP contribution in [0.25, 0.3) is 0 Å². The van der Waals surface area contributed by atoms with Crippen molar-refractivity contribution in [2.75, 3.05) is 0 Å². The molecular weight excluding hydrogens is 132 g/mol. The van der Waals surface area contributed by atoms with Crippen molar-refractivity contribution in [2.45, 2.75) is 46.0 Å². The molecule has 0 amide bonds. The van der Waals surface area contributed by atoms with E-state index in [0.29, 0.717) is 5.41 Å². The maximum Gasteiger partial charge on any atom is -0.0258 e. The van der Waals surface area contributed by atoms with Gasteiger partial charge in [0.05, 0.1) is 0 Å². The number of fused-ring (bicyclic) bond motifs is 1. The van der Waals surface area contributed by atoms with Crippen LogP contribution in [0.3, 0.4) is 0 Å². The molecule has 3 aliphatic carbocycles. The van der Waals surface area contributed by atoms with Crippen molar-refractivity contribution >= 4 is 0 Å². The van der Waals surface area contributed by atoms with Gasteiger partial charge >= 0.3 is 0 Å². The van der Waals surface area contributed by atoms with Gasteiger partial charge in [-0.25, -0.2) is 0 Å². The maximum absolute atomic E-state index is 2.47. The summed E-state index contributed by atoms with van der Waals surface area (Å²) in [6.45, 7) is 4.95. The number of rotatable bonds is 0. The standard InChI is InChI=1S/C11H18/c1-10(2)4-8-3-9-6-11(9,5-8)7-10/h8-9H,3-7H2,1-2H3. The summed E-state index contributed by atoms with van der Waals surface area (Å²) in [5, 5.41) is 0. The van der Waals surface area contributed by atoms with Crippen molar-refractivity contribution in [1.29, 1.82) is 0 Å². The molecule has 3 atom stereocenters. The summed E-state index contributed by atoms with van der Waals surface area (Å²) >= 11 is 0. The molecule has 0 saturated heterocycles. The Labute approximate surface area is 69.4 Å². The van der Waals surface area contributed by atoms with Crippen molar-refractivity contribution in [3.63, 3.8) is 0 Å². The Morgan fingerprint density at radius 2 is 1.91 bits per heavy atom. The summed E-state index contributed by atoms with van der Waals surface area (Å²) in [4.78, 5) is 0. The molecule has 0 aromatic carbocycles. The molecule has 0 N–H and O–H groups in total. The average molecular weight is 150 g/mol. The zero-order valence-corrected chi connectivity index (χ0v) is 7.69. The lowest BCUT2D eigenvalue weighted by molar-refractivity contribution is 0.140. The van der Waals surface area contributed by atoms with Crippen LogP contribution in [0.2, 0.25) is 0 Å². The molecule has 0 radical (unpaired) electrons. The normalized spacial score (nSPS) is 57.3. The predicted molar refractivity (Wildman–Crippen MR) is 46.3 cm³/mol. The molecule has 2 bridgehead atoms. The van der Waals surface area contributed by atoms with E-state index in [2.05, 4.69) is 13.8 Å². The van der Waals surface area contributed by atoms with Crippen LogP contribution in [0.15, 0.2) is 0 Å². The minimum atomic E-state index is 0.689. The fraction of sp³-hybridized carbons (Fsp3) is 1.00. The van der Waals surface area contributed by atoms with E-state index in [4.69, 9.17) is 0 Å². The monoisotopic (exact) mass is 150 g/mol. The summed E-state index contributed by atoms with van der Waals surface area (Å²) in [7, 11) is 0. The highest BCUT2D eigenvalue weighted by Gasteiger charge is 2.63. The highest BCUT2D eigenvalue weighted by molar-refractivity contribution is 5.13. The maximum atomic E-state index is 2.47. The van der Waals surface area contributed by atoms with Crippen LogP contribution in [-0.4, -0.2) is 0 Å². The third-order valence-corrected chi connectivity index (χ3v) is 4.34. The van der Waals surface area contributed by atoms with E-state index >= 15 is 0 Å². The first-order valence-electron chi connectivity index (χ1n) is 5.10. The van der Waals surface area contributed by atoms with Gasteiger partial charge in [0, 0.05) is 0 Å². The molecule has 3 unspecified atom stereocenters. The topological polar surface area (TPSA) is 0 Å². The molecular formula is C11H18. The van der Waals surface area contributed by atoms with E-state index in [1.807, 2.05) is 0 Å². The molecule has 0 nitrogen and oxygen atoms in total. The lowest BCUT2D eigenvalue weighted by Crippen LogP contribution is -2.26. The van der Waals surface area contributed by atoms with Crippen LogP contribution in [0.1, 0.15) is 46.0 Å². The van der Waals surface area contributed by atoms with Gasteiger partial charge in [-0.2, -0.15) is 0 Å². The van der Waals surface area contributed by atoms with Crippen LogP contribution < -0.4 is 0 Å². The fourth-order valence-electron chi connectivity index (χ4n) is 4.33. The van der Waals surface area contributed by atoms with Crippen molar-refractivity contribution in [3.8, 4) is 0 Å². The molecule has 3 fully saturated rings. The van der Waals surface area contributed by atoms with E-state index in [-0.39, 0.29) is 0 Å². The molecule has 0 aromatic heterocycles. The highest BCUT2D eigenvalue weighted by Crippen LogP contribution is 2.73. The van der Waals surface area contributed by atoms with Gasteiger partial charge in [-0.15, -0.1) is 0 Å². The zero-order valence-electron chi connectivity index (χ0n) is 7.69. The Bertz CT molecular complexity index is 204. The summed E-state index contributed by atoms with van der Waals surface area (Å²) in [5.74, 6) is 2.30. The molecule has 1 spiro atoms. The smallest absolute Gasteiger partial charge is 0.0258 e. The van der Waals surface area contributed by atoms with E-state index < -0.39 is 0 Å². The van der Waals surface area contributed by atoms with Crippen molar-refractivity contribution in [3.05, 3.63) is 0 Å². The SMILES string of the molecule is CC1(C)CC2CC3CC3(C2)C1. The van der Waals surface area contributed by atoms with Gasteiger partial charge in [-0.05, 0) is 54.8 Å². The van der Waals surface area contributed by atoms with E-state index in [0.717, 1.165) is 11.3 Å². The quantitative estimate of drug-likeness (QED) is 0.497. The van der Waals surface area contributed by atoms with E-state index in [1.54, 1.807) is 25.7 Å². The Kier molecular flexibility index (Phi) is 0.906. The van der Waals surface area contributed by atoms with Gasteiger partial charge in [0.2, 0.25) is 0 Å². The third kappa shape index (κ3) is 0.761. The number of hydrogen-bond donors (Lipinski definition) is 0. The Morgan fingerprint density at radius 3 is 2.64 bits per heavy atom. The summed E-state index contributed by atoms with van der Waals surface area (Å²) < 4.78 is 0. The largest absolute Gasteiger partial charge is 0.0599 e. The second-order valence-electron chi connectivity index (χ2n) is 6.11. The van der Waals surface area contributed by atoms with Crippen molar-refractivity contribution < 1.29 is 0 Å². The first kappa shape index (κ1) is 6.51. The Hall–Kier alpha value is 0. The average Bonchev–Trinajstić information content (AvgIpc) is 2.30. The van der Waals surface area contributed by atoms with Gasteiger partial charge < -0.3 is 0 Å². The highest BCUT2D eigenvalue weighted by atomic mass is 14.7. The molecule has 3 saturated carbocycles. The summed E-state index contributed by atoms with van der Waals surface area (Å²) in [6.07, 6.45) is 7.84. The second-order valence-corrected chi connectivity index (χ2v) is 6.11. The van der Waals surface area contributed by atoms with Crippen LogP contribution in [0, 0.1) is 22.7 Å². The van der Waals surface area contributed by atoms with Gasteiger partial charge in [0.15, 0.2) is 0 Å². The first-order chi connectivity index (χ1) is 5.10. The van der Waals surface area contributed by atoms with Gasteiger partial charge in [0.1, 0.15) is 0 Å². The molecule has 11 heavy (non-hydrogen) atoms. The first-order valence-corrected chi connectivity index (χ1v) is 5.10. The molecule has 62 valence electrons.